The first-order valence-corrected chi connectivity index (χ1v) is 11.1. The summed E-state index contributed by atoms with van der Waals surface area (Å²) >= 11 is 0. The van der Waals surface area contributed by atoms with E-state index in [9.17, 15) is 9.59 Å². The fourth-order valence-electron chi connectivity index (χ4n) is 3.65. The Bertz CT molecular complexity index is 503. The van der Waals surface area contributed by atoms with Crippen molar-refractivity contribution in [2.45, 2.75) is 89.1 Å². The van der Waals surface area contributed by atoms with Gasteiger partial charge in [0.2, 0.25) is 0 Å². The van der Waals surface area contributed by atoms with Gasteiger partial charge in [-0.25, -0.2) is 9.59 Å². The molecular weight excluding hydrogens is 394 g/mol. The van der Waals surface area contributed by atoms with Crippen LogP contribution in [-0.2, 0) is 33.2 Å². The van der Waals surface area contributed by atoms with Crippen molar-refractivity contribution in [1.29, 1.82) is 0 Å². The van der Waals surface area contributed by atoms with Gasteiger partial charge >= 0.3 is 12.1 Å². The van der Waals surface area contributed by atoms with Crippen molar-refractivity contribution >= 4 is 12.1 Å². The Kier molecular flexibility index (Phi) is 12.1. The van der Waals surface area contributed by atoms with Crippen molar-refractivity contribution in [1.82, 2.24) is 5.32 Å². The lowest BCUT2D eigenvalue weighted by Crippen LogP contribution is -2.60. The normalized spacial score (nSPS) is 25.9. The van der Waals surface area contributed by atoms with Gasteiger partial charge in [-0.05, 0) is 6.42 Å². The Morgan fingerprint density at radius 1 is 0.867 bits per heavy atom. The fourth-order valence-corrected chi connectivity index (χ4v) is 3.65. The maximum absolute atomic E-state index is 11.9. The van der Waals surface area contributed by atoms with Gasteiger partial charge in [-0.3, -0.25) is 0 Å². The van der Waals surface area contributed by atoms with Crippen molar-refractivity contribution in [2.75, 3.05) is 33.8 Å². The highest BCUT2D eigenvalue weighted by Crippen LogP contribution is 2.26. The van der Waals surface area contributed by atoms with Gasteiger partial charge in [-0.2, -0.15) is 0 Å². The molecule has 2 saturated heterocycles. The van der Waals surface area contributed by atoms with Gasteiger partial charge in [-0.15, -0.1) is 0 Å². The van der Waals surface area contributed by atoms with E-state index in [1.807, 2.05) is 0 Å². The third kappa shape index (κ3) is 8.37. The number of hydrogen-bond acceptors (Lipinski definition) is 8. The third-order valence-electron chi connectivity index (χ3n) is 5.40. The van der Waals surface area contributed by atoms with Crippen LogP contribution in [0.5, 0.6) is 0 Å². The molecule has 0 aromatic rings. The molecule has 2 heterocycles. The number of methoxy groups -OCH3 is 1. The van der Waals surface area contributed by atoms with E-state index in [-0.39, 0.29) is 20.2 Å². The number of hydrogen-bond donors (Lipinski definition) is 1. The molecule has 2 aliphatic heterocycles. The van der Waals surface area contributed by atoms with Crippen LogP contribution in [0, 0.1) is 0 Å². The molecule has 174 valence electrons. The highest BCUT2D eigenvalue weighted by atomic mass is 16.8. The summed E-state index contributed by atoms with van der Waals surface area (Å²) in [6.07, 6.45) is 7.89. The van der Waals surface area contributed by atoms with Crippen LogP contribution in [0.4, 0.5) is 4.79 Å². The van der Waals surface area contributed by atoms with Crippen molar-refractivity contribution in [2.24, 2.45) is 0 Å². The molecule has 0 radical (unpaired) electrons. The van der Waals surface area contributed by atoms with Gasteiger partial charge in [0.05, 0.1) is 7.11 Å². The number of esters is 1. The van der Waals surface area contributed by atoms with E-state index in [0.717, 1.165) is 12.8 Å². The maximum Gasteiger partial charge on any atom is 0.407 e. The largest absolute Gasteiger partial charge is 0.467 e. The summed E-state index contributed by atoms with van der Waals surface area (Å²) in [7, 11) is 1.29. The molecule has 0 spiro atoms. The maximum atomic E-state index is 11.9. The number of unbranched alkanes of at least 4 members (excludes halogenated alkanes) is 8. The van der Waals surface area contributed by atoms with Gasteiger partial charge in [0.25, 0.3) is 0 Å². The topological polar surface area (TPSA) is 102 Å². The third-order valence-corrected chi connectivity index (χ3v) is 5.40. The molecule has 30 heavy (non-hydrogen) atoms. The van der Waals surface area contributed by atoms with Crippen molar-refractivity contribution in [3.63, 3.8) is 0 Å². The summed E-state index contributed by atoms with van der Waals surface area (Å²) in [5, 5.41) is 2.76. The van der Waals surface area contributed by atoms with Crippen LogP contribution in [-0.4, -0.2) is 70.3 Å². The highest BCUT2D eigenvalue weighted by Gasteiger charge is 2.48. The summed E-state index contributed by atoms with van der Waals surface area (Å²) in [5.41, 5.74) is 0. The molecule has 0 saturated carbocycles. The first-order valence-electron chi connectivity index (χ1n) is 11.1. The quantitative estimate of drug-likeness (QED) is 0.351. The lowest BCUT2D eigenvalue weighted by atomic mass is 10.0. The number of amides is 1. The van der Waals surface area contributed by atoms with Gasteiger partial charge in [-0.1, -0.05) is 58.3 Å². The molecule has 0 bridgehead atoms. The molecule has 9 nitrogen and oxygen atoms in total. The molecule has 9 heteroatoms. The number of ether oxygens (including phenoxy) is 6. The molecule has 1 amide bonds. The van der Waals surface area contributed by atoms with E-state index in [2.05, 4.69) is 12.2 Å². The predicted octanol–water partition coefficient (Wildman–Crippen LogP) is 2.90. The molecule has 2 rings (SSSR count). The fraction of sp³-hybridized carbons (Fsp3) is 0.905. The first-order chi connectivity index (χ1) is 14.7. The number of fused-ring (bicyclic) bond motifs is 1. The van der Waals surface area contributed by atoms with E-state index in [1.165, 1.54) is 52.1 Å². The molecular formula is C21H37NO8. The SMILES string of the molecule is CCCCCCCCCCCNC(=O)OC[C@H]1OCO[C@H]2[C@@H]1OCO[C@H]2C(=O)OC. The summed E-state index contributed by atoms with van der Waals surface area (Å²) in [6.45, 7) is 2.68. The van der Waals surface area contributed by atoms with E-state index in [4.69, 9.17) is 28.4 Å². The second-order valence-corrected chi connectivity index (χ2v) is 7.67. The van der Waals surface area contributed by atoms with Crippen LogP contribution < -0.4 is 5.32 Å². The number of rotatable bonds is 13. The molecule has 0 aromatic carbocycles. The molecule has 4 atom stereocenters. The Morgan fingerprint density at radius 3 is 2.20 bits per heavy atom. The summed E-state index contributed by atoms with van der Waals surface area (Å²) in [6, 6.07) is 0. The van der Waals surface area contributed by atoms with Crippen LogP contribution in [0.1, 0.15) is 64.7 Å². The molecule has 0 unspecified atom stereocenters. The number of carbonyl (C=O) groups excluding carboxylic acids is 2. The van der Waals surface area contributed by atoms with E-state index >= 15 is 0 Å². The van der Waals surface area contributed by atoms with Crippen molar-refractivity contribution in [3.05, 3.63) is 0 Å². The molecule has 1 N–H and O–H groups in total. The summed E-state index contributed by atoms with van der Waals surface area (Å²) < 4.78 is 31.8. The van der Waals surface area contributed by atoms with Gasteiger partial charge in [0, 0.05) is 6.54 Å². The van der Waals surface area contributed by atoms with Crippen LogP contribution in [0.25, 0.3) is 0 Å². The average Bonchev–Trinajstić information content (AvgIpc) is 2.77. The molecule has 0 aliphatic carbocycles. The molecule has 2 fully saturated rings. The van der Waals surface area contributed by atoms with Crippen LogP contribution in [0.15, 0.2) is 0 Å². The Morgan fingerprint density at radius 2 is 1.50 bits per heavy atom. The first kappa shape index (κ1) is 24.8. The van der Waals surface area contributed by atoms with Crippen molar-refractivity contribution in [3.8, 4) is 0 Å². The van der Waals surface area contributed by atoms with Crippen LogP contribution in [0.2, 0.25) is 0 Å². The van der Waals surface area contributed by atoms with E-state index in [1.54, 1.807) is 0 Å². The van der Waals surface area contributed by atoms with Gasteiger partial charge < -0.3 is 33.7 Å². The number of carbonyl (C=O) groups is 2. The van der Waals surface area contributed by atoms with Crippen molar-refractivity contribution < 1.29 is 38.0 Å². The minimum Gasteiger partial charge on any atom is -0.467 e. The van der Waals surface area contributed by atoms with Gasteiger partial charge in [0.1, 0.15) is 38.5 Å². The standard InChI is InChI=1S/C21H37NO8/c1-3-4-5-6-7-8-9-10-11-12-22-21(24)26-13-16-17-18(29-14-27-16)19(20(23)25-2)30-15-28-17/h16-19H,3-15H2,1-2H3,(H,22,24)/t16-,17-,18+,19-/m1/s1. The Labute approximate surface area is 179 Å². The molecule has 0 aromatic heterocycles. The monoisotopic (exact) mass is 431 g/mol. The van der Waals surface area contributed by atoms with Crippen LogP contribution >= 0.6 is 0 Å². The zero-order chi connectivity index (χ0) is 21.6. The minimum atomic E-state index is -0.888. The second-order valence-electron chi connectivity index (χ2n) is 7.67. The highest BCUT2D eigenvalue weighted by molar-refractivity contribution is 5.75. The average molecular weight is 432 g/mol. The minimum absolute atomic E-state index is 0.00200. The lowest BCUT2D eigenvalue weighted by molar-refractivity contribution is -0.322. The summed E-state index contributed by atoms with van der Waals surface area (Å²) in [5.74, 6) is -0.534. The number of nitrogens with one attached hydrogen (secondary N) is 1. The van der Waals surface area contributed by atoms with E-state index in [0.29, 0.717) is 6.54 Å². The summed E-state index contributed by atoms with van der Waals surface area (Å²) in [4.78, 5) is 23.8. The Balaban J connectivity index is 1.56. The second kappa shape index (κ2) is 14.6. The lowest BCUT2D eigenvalue weighted by Gasteiger charge is -2.42. The van der Waals surface area contributed by atoms with Crippen LogP contribution in [0.3, 0.4) is 0 Å². The number of alkyl carbamates (subject to hydrolysis) is 1. The zero-order valence-electron chi connectivity index (χ0n) is 18.3. The van der Waals surface area contributed by atoms with E-state index < -0.39 is 36.5 Å². The predicted molar refractivity (Wildman–Crippen MR) is 108 cm³/mol. The smallest absolute Gasteiger partial charge is 0.407 e. The Hall–Kier alpha value is -1.42. The molecule has 2 aliphatic rings. The van der Waals surface area contributed by atoms with Gasteiger partial charge in [0.15, 0.2) is 6.10 Å². The zero-order valence-corrected chi connectivity index (χ0v) is 18.3.